The van der Waals surface area contributed by atoms with Crippen molar-refractivity contribution in [3.63, 3.8) is 0 Å². The van der Waals surface area contributed by atoms with Crippen molar-refractivity contribution in [3.8, 4) is 0 Å². The van der Waals surface area contributed by atoms with Crippen LogP contribution >= 0.6 is 0 Å². The van der Waals surface area contributed by atoms with Crippen LogP contribution in [0.1, 0.15) is 20.8 Å². The van der Waals surface area contributed by atoms with E-state index in [4.69, 9.17) is 5.73 Å². The zero-order valence-electron chi connectivity index (χ0n) is 11.4. The molecular weight excluding hydrogens is 214 g/mol. The minimum absolute atomic E-state index is 0.240. The van der Waals surface area contributed by atoms with Crippen LogP contribution in [0.15, 0.2) is 12.4 Å². The molecule has 0 amide bonds. The van der Waals surface area contributed by atoms with Gasteiger partial charge in [0.15, 0.2) is 0 Å². The van der Waals surface area contributed by atoms with Crippen molar-refractivity contribution in [1.29, 1.82) is 0 Å². The van der Waals surface area contributed by atoms with Gasteiger partial charge in [-0.1, -0.05) is 0 Å². The van der Waals surface area contributed by atoms with Crippen LogP contribution in [0.25, 0.3) is 0 Å². The average molecular weight is 237 g/mol. The number of nitrogens with zero attached hydrogens (tertiary/aromatic N) is 4. The van der Waals surface area contributed by atoms with E-state index in [0.717, 1.165) is 24.7 Å². The smallest absolute Gasteiger partial charge is 0.133 e. The molecule has 0 unspecified atom stereocenters. The summed E-state index contributed by atoms with van der Waals surface area (Å²) in [5.41, 5.74) is 5.76. The molecule has 0 saturated heterocycles. The summed E-state index contributed by atoms with van der Waals surface area (Å²) < 4.78 is 0. The molecule has 0 aliphatic heterocycles. The van der Waals surface area contributed by atoms with Crippen LogP contribution in [0.5, 0.6) is 0 Å². The lowest BCUT2D eigenvalue weighted by atomic mass is 10.1. The van der Waals surface area contributed by atoms with Crippen molar-refractivity contribution in [2.75, 3.05) is 37.0 Å². The first-order chi connectivity index (χ1) is 7.83. The Labute approximate surface area is 104 Å². The van der Waals surface area contributed by atoms with Gasteiger partial charge in [0, 0.05) is 38.8 Å². The van der Waals surface area contributed by atoms with Crippen molar-refractivity contribution in [2.24, 2.45) is 5.73 Å². The van der Waals surface area contributed by atoms with Crippen molar-refractivity contribution in [3.05, 3.63) is 12.4 Å². The van der Waals surface area contributed by atoms with Gasteiger partial charge in [-0.25, -0.2) is 9.97 Å². The maximum absolute atomic E-state index is 6.00. The van der Waals surface area contributed by atoms with Gasteiger partial charge in [0.05, 0.1) is 0 Å². The SMILES string of the molecule is CCN(C)c1cc(N(C)CC(C)(C)N)ncn1. The minimum Gasteiger partial charge on any atom is -0.360 e. The van der Waals surface area contributed by atoms with Crippen LogP contribution < -0.4 is 15.5 Å². The first kappa shape index (κ1) is 13.7. The third kappa shape index (κ3) is 4.19. The maximum Gasteiger partial charge on any atom is 0.133 e. The van der Waals surface area contributed by atoms with E-state index in [1.54, 1.807) is 6.33 Å². The van der Waals surface area contributed by atoms with Gasteiger partial charge in [0.2, 0.25) is 0 Å². The van der Waals surface area contributed by atoms with Gasteiger partial charge in [-0.05, 0) is 20.8 Å². The van der Waals surface area contributed by atoms with Gasteiger partial charge in [0.1, 0.15) is 18.0 Å². The van der Waals surface area contributed by atoms with Crippen molar-refractivity contribution in [1.82, 2.24) is 9.97 Å². The van der Waals surface area contributed by atoms with Crippen LogP contribution in [0.4, 0.5) is 11.6 Å². The van der Waals surface area contributed by atoms with Gasteiger partial charge in [-0.2, -0.15) is 0 Å². The van der Waals surface area contributed by atoms with Crippen molar-refractivity contribution in [2.45, 2.75) is 26.3 Å². The first-order valence-electron chi connectivity index (χ1n) is 5.86. The molecule has 1 aromatic rings. The molecule has 0 fully saturated rings. The second kappa shape index (κ2) is 5.31. The Bertz CT molecular complexity index is 358. The highest BCUT2D eigenvalue weighted by atomic mass is 15.2. The molecule has 0 radical (unpaired) electrons. The lowest BCUT2D eigenvalue weighted by Gasteiger charge is -2.27. The van der Waals surface area contributed by atoms with E-state index < -0.39 is 0 Å². The van der Waals surface area contributed by atoms with Crippen LogP contribution in [-0.2, 0) is 0 Å². The average Bonchev–Trinajstić information content (AvgIpc) is 2.26. The topological polar surface area (TPSA) is 58.3 Å². The molecule has 5 heteroatoms. The Morgan fingerprint density at radius 3 is 2.18 bits per heavy atom. The summed E-state index contributed by atoms with van der Waals surface area (Å²) in [5.74, 6) is 1.83. The standard InChI is InChI=1S/C12H23N5/c1-6-16(4)10-7-11(15-9-14-10)17(5)8-12(2,3)13/h7,9H,6,8,13H2,1-5H3. The Morgan fingerprint density at radius 2 is 1.71 bits per heavy atom. The summed E-state index contributed by atoms with van der Waals surface area (Å²) in [6, 6.07) is 1.98. The number of likely N-dealkylation sites (N-methyl/N-ethyl adjacent to an activating group) is 1. The van der Waals surface area contributed by atoms with E-state index in [1.807, 2.05) is 34.0 Å². The molecule has 1 aromatic heterocycles. The summed E-state index contributed by atoms with van der Waals surface area (Å²) in [4.78, 5) is 12.6. The predicted molar refractivity (Wildman–Crippen MR) is 72.5 cm³/mol. The highest BCUT2D eigenvalue weighted by Gasteiger charge is 2.15. The fourth-order valence-corrected chi connectivity index (χ4v) is 1.61. The minimum atomic E-state index is -0.240. The zero-order valence-corrected chi connectivity index (χ0v) is 11.4. The number of aromatic nitrogens is 2. The number of nitrogens with two attached hydrogens (primary N) is 1. The third-order valence-electron chi connectivity index (χ3n) is 2.54. The second-order valence-corrected chi connectivity index (χ2v) is 5.09. The van der Waals surface area contributed by atoms with Crippen LogP contribution in [-0.4, -0.2) is 42.7 Å². The Morgan fingerprint density at radius 1 is 1.18 bits per heavy atom. The van der Waals surface area contributed by atoms with Gasteiger partial charge in [0.25, 0.3) is 0 Å². The fourth-order valence-electron chi connectivity index (χ4n) is 1.61. The van der Waals surface area contributed by atoms with Gasteiger partial charge < -0.3 is 15.5 Å². The predicted octanol–water partition coefficient (Wildman–Crippen LogP) is 1.11. The molecular formula is C12H23N5. The van der Waals surface area contributed by atoms with E-state index >= 15 is 0 Å². The molecule has 0 atom stereocenters. The maximum atomic E-state index is 6.00. The Hall–Kier alpha value is -1.36. The van der Waals surface area contributed by atoms with E-state index in [1.165, 1.54) is 0 Å². The molecule has 5 nitrogen and oxygen atoms in total. The molecule has 1 heterocycles. The number of hydrogen-bond donors (Lipinski definition) is 1. The van der Waals surface area contributed by atoms with E-state index in [2.05, 4.69) is 26.7 Å². The van der Waals surface area contributed by atoms with E-state index in [9.17, 15) is 0 Å². The van der Waals surface area contributed by atoms with Crippen LogP contribution in [0.3, 0.4) is 0 Å². The summed E-state index contributed by atoms with van der Waals surface area (Å²) in [5, 5.41) is 0. The highest BCUT2D eigenvalue weighted by molar-refractivity contribution is 5.49. The summed E-state index contributed by atoms with van der Waals surface area (Å²) >= 11 is 0. The van der Waals surface area contributed by atoms with Gasteiger partial charge >= 0.3 is 0 Å². The monoisotopic (exact) mass is 237 g/mol. The first-order valence-corrected chi connectivity index (χ1v) is 5.86. The highest BCUT2D eigenvalue weighted by Crippen LogP contribution is 2.16. The molecule has 1 rings (SSSR count). The molecule has 96 valence electrons. The molecule has 0 spiro atoms. The lowest BCUT2D eigenvalue weighted by molar-refractivity contribution is 0.517. The molecule has 17 heavy (non-hydrogen) atoms. The van der Waals surface area contributed by atoms with Crippen molar-refractivity contribution < 1.29 is 0 Å². The summed E-state index contributed by atoms with van der Waals surface area (Å²) in [7, 11) is 4.01. The Kier molecular flexibility index (Phi) is 4.28. The molecule has 0 aliphatic rings. The summed E-state index contributed by atoms with van der Waals surface area (Å²) in [6.45, 7) is 7.77. The van der Waals surface area contributed by atoms with Gasteiger partial charge in [-0.15, -0.1) is 0 Å². The second-order valence-electron chi connectivity index (χ2n) is 5.09. The van der Waals surface area contributed by atoms with Crippen LogP contribution in [0.2, 0.25) is 0 Å². The van der Waals surface area contributed by atoms with Crippen LogP contribution in [0, 0.1) is 0 Å². The molecule has 0 bridgehead atoms. The van der Waals surface area contributed by atoms with E-state index in [-0.39, 0.29) is 5.54 Å². The zero-order chi connectivity index (χ0) is 13.1. The Balaban J connectivity index is 2.84. The lowest BCUT2D eigenvalue weighted by Crippen LogP contribution is -2.44. The van der Waals surface area contributed by atoms with E-state index in [0.29, 0.717) is 0 Å². The number of hydrogen-bond acceptors (Lipinski definition) is 5. The largest absolute Gasteiger partial charge is 0.360 e. The molecule has 0 saturated carbocycles. The normalized spacial score (nSPS) is 11.4. The fraction of sp³-hybridized carbons (Fsp3) is 0.667. The quantitative estimate of drug-likeness (QED) is 0.831. The molecule has 0 aliphatic carbocycles. The number of rotatable bonds is 5. The number of anilines is 2. The third-order valence-corrected chi connectivity index (χ3v) is 2.54. The molecule has 0 aromatic carbocycles. The molecule has 2 N–H and O–H groups in total. The van der Waals surface area contributed by atoms with Crippen molar-refractivity contribution >= 4 is 11.6 Å². The van der Waals surface area contributed by atoms with Gasteiger partial charge in [-0.3, -0.25) is 0 Å². The summed E-state index contributed by atoms with van der Waals surface area (Å²) in [6.07, 6.45) is 1.59.